The molecule has 0 unspecified atom stereocenters. The van der Waals surface area contributed by atoms with E-state index in [9.17, 15) is 9.90 Å². The van der Waals surface area contributed by atoms with Crippen LogP contribution in [0.1, 0.15) is 79.6 Å². The summed E-state index contributed by atoms with van der Waals surface area (Å²) < 4.78 is 12.3. The third kappa shape index (κ3) is 5.20. The molecule has 0 radical (unpaired) electrons. The number of aliphatic hydroxyl groups is 1. The van der Waals surface area contributed by atoms with Crippen LogP contribution in [0.3, 0.4) is 0 Å². The van der Waals surface area contributed by atoms with Crippen molar-refractivity contribution < 1.29 is 19.4 Å². The molecule has 4 heteroatoms. The predicted octanol–water partition coefficient (Wildman–Crippen LogP) is 4.71. The summed E-state index contributed by atoms with van der Waals surface area (Å²) >= 11 is 0. The van der Waals surface area contributed by atoms with Gasteiger partial charge in [-0.05, 0) is 84.1 Å². The lowest BCUT2D eigenvalue weighted by molar-refractivity contribution is -0.252. The molecule has 0 aromatic heterocycles. The Morgan fingerprint density at radius 3 is 2.65 bits per heavy atom. The van der Waals surface area contributed by atoms with E-state index in [0.29, 0.717) is 18.8 Å². The van der Waals surface area contributed by atoms with E-state index >= 15 is 0 Å². The van der Waals surface area contributed by atoms with E-state index in [0.717, 1.165) is 37.7 Å². The maximum absolute atomic E-state index is 11.7. The van der Waals surface area contributed by atoms with E-state index < -0.39 is 11.7 Å². The maximum atomic E-state index is 11.7. The zero-order valence-electron chi connectivity index (χ0n) is 17.1. The molecule has 4 nitrogen and oxygen atoms in total. The van der Waals surface area contributed by atoms with Gasteiger partial charge in [0, 0.05) is 6.92 Å². The number of fused-ring (bicyclic) bond motifs is 10. The third-order valence-corrected chi connectivity index (χ3v) is 6.20. The number of carbonyl (C=O) groups excluding carboxylic acids is 1. The monoisotopic (exact) mass is 364 g/mol. The Morgan fingerprint density at radius 1 is 1.31 bits per heavy atom. The molecular weight excluding hydrogens is 328 g/mol. The Labute approximate surface area is 158 Å². The number of aliphatic hydroxyl groups excluding tert-OH is 1. The second kappa shape index (κ2) is 8.26. The van der Waals surface area contributed by atoms with E-state index in [1.807, 2.05) is 6.92 Å². The van der Waals surface area contributed by atoms with Crippen LogP contribution in [0.2, 0.25) is 0 Å². The first-order chi connectivity index (χ1) is 12.0. The Hall–Kier alpha value is -1.13. The van der Waals surface area contributed by atoms with Gasteiger partial charge in [-0.1, -0.05) is 18.2 Å². The second-order valence-corrected chi connectivity index (χ2v) is 8.89. The van der Waals surface area contributed by atoms with Crippen molar-refractivity contribution >= 4 is 5.97 Å². The largest absolute Gasteiger partial charge is 0.459 e. The number of allylic oxidation sites excluding steroid dienone is 2. The highest BCUT2D eigenvalue weighted by molar-refractivity contribution is 5.66. The fourth-order valence-corrected chi connectivity index (χ4v) is 4.39. The average Bonchev–Trinajstić information content (AvgIpc) is 2.52. The number of ether oxygens (including phenoxy) is 2. The molecule has 26 heavy (non-hydrogen) atoms. The van der Waals surface area contributed by atoms with Gasteiger partial charge in [0.2, 0.25) is 0 Å². The van der Waals surface area contributed by atoms with Crippen molar-refractivity contribution in [2.24, 2.45) is 5.92 Å². The Kier molecular flexibility index (Phi) is 6.73. The topological polar surface area (TPSA) is 55.8 Å². The molecular formula is C22H36O4. The molecule has 1 aliphatic carbocycles. The summed E-state index contributed by atoms with van der Waals surface area (Å²) in [5.41, 5.74) is 1.34. The smallest absolute Gasteiger partial charge is 0.303 e. The predicted molar refractivity (Wildman–Crippen MR) is 104 cm³/mol. The summed E-state index contributed by atoms with van der Waals surface area (Å²) in [5.74, 6) is 0.0523. The van der Waals surface area contributed by atoms with Crippen LogP contribution in [0.4, 0.5) is 0 Å². The summed E-state index contributed by atoms with van der Waals surface area (Å²) in [6.45, 7) is 14.0. The summed E-state index contributed by atoms with van der Waals surface area (Å²) in [7, 11) is 0. The van der Waals surface area contributed by atoms with Crippen molar-refractivity contribution in [3.63, 3.8) is 0 Å². The third-order valence-electron chi connectivity index (χ3n) is 6.20. The van der Waals surface area contributed by atoms with E-state index in [1.54, 1.807) is 0 Å². The van der Waals surface area contributed by atoms with Gasteiger partial charge in [-0.2, -0.15) is 0 Å². The molecule has 0 saturated carbocycles. The molecule has 148 valence electrons. The molecule has 2 bridgehead atoms. The molecule has 3 aliphatic rings. The van der Waals surface area contributed by atoms with Crippen molar-refractivity contribution in [2.75, 3.05) is 0 Å². The minimum Gasteiger partial charge on any atom is -0.459 e. The van der Waals surface area contributed by atoms with Crippen LogP contribution >= 0.6 is 0 Å². The van der Waals surface area contributed by atoms with Crippen LogP contribution in [-0.2, 0) is 14.3 Å². The Morgan fingerprint density at radius 2 is 2.00 bits per heavy atom. The van der Waals surface area contributed by atoms with Gasteiger partial charge in [-0.3, -0.25) is 4.79 Å². The molecule has 3 rings (SSSR count). The molecule has 0 spiro atoms. The van der Waals surface area contributed by atoms with Crippen molar-refractivity contribution in [2.45, 2.75) is 103 Å². The lowest BCUT2D eigenvalue weighted by Crippen LogP contribution is -2.58. The minimum atomic E-state index is -0.595. The molecule has 0 amide bonds. The molecule has 1 fully saturated rings. The standard InChI is InChI=1S/C22H36O4/c1-15-8-7-9-16(2)19(24)12-13-22(6)20(25-17(3)23)14-18(11-10-15)21(4,5)26-22/h8,18-20,24H,2,7,9-14H2,1,3-6H3/b15-8-/t18-,19-,20-,22-/m1/s1. The van der Waals surface area contributed by atoms with Crippen LogP contribution in [-0.4, -0.2) is 34.5 Å². The molecule has 0 aromatic rings. The highest BCUT2D eigenvalue weighted by Crippen LogP contribution is 2.45. The van der Waals surface area contributed by atoms with Crippen molar-refractivity contribution in [1.82, 2.24) is 0 Å². The first-order valence-electron chi connectivity index (χ1n) is 9.92. The minimum absolute atomic E-state index is 0.273. The van der Waals surface area contributed by atoms with Gasteiger partial charge in [0.05, 0.1) is 11.7 Å². The van der Waals surface area contributed by atoms with Crippen LogP contribution in [0.5, 0.6) is 0 Å². The number of rotatable bonds is 1. The summed E-state index contributed by atoms with van der Waals surface area (Å²) in [6.07, 6.45) is 7.19. The zero-order valence-corrected chi connectivity index (χ0v) is 17.1. The van der Waals surface area contributed by atoms with Gasteiger partial charge in [0.1, 0.15) is 11.7 Å². The quantitative estimate of drug-likeness (QED) is 0.541. The molecule has 1 saturated heterocycles. The van der Waals surface area contributed by atoms with Crippen LogP contribution < -0.4 is 0 Å². The fraction of sp³-hybridized carbons (Fsp3) is 0.773. The summed E-state index contributed by atoms with van der Waals surface area (Å²) in [5, 5.41) is 10.5. The van der Waals surface area contributed by atoms with Gasteiger partial charge in [0.25, 0.3) is 0 Å². The molecule has 0 aromatic carbocycles. The number of hydrogen-bond acceptors (Lipinski definition) is 4. The molecule has 2 heterocycles. The van der Waals surface area contributed by atoms with Crippen molar-refractivity contribution in [1.29, 1.82) is 0 Å². The number of esters is 1. The number of hydrogen-bond donors (Lipinski definition) is 1. The summed E-state index contributed by atoms with van der Waals surface area (Å²) in [6, 6.07) is 0. The highest BCUT2D eigenvalue weighted by atomic mass is 16.6. The van der Waals surface area contributed by atoms with Gasteiger partial charge in [0.15, 0.2) is 0 Å². The Bertz CT molecular complexity index is 562. The fourth-order valence-electron chi connectivity index (χ4n) is 4.39. The van der Waals surface area contributed by atoms with Gasteiger partial charge >= 0.3 is 5.97 Å². The first-order valence-corrected chi connectivity index (χ1v) is 9.92. The van der Waals surface area contributed by atoms with Crippen molar-refractivity contribution in [3.8, 4) is 0 Å². The lowest BCUT2D eigenvalue weighted by Gasteiger charge is -2.52. The molecule has 4 atom stereocenters. The van der Waals surface area contributed by atoms with E-state index in [4.69, 9.17) is 9.47 Å². The maximum Gasteiger partial charge on any atom is 0.303 e. The number of carbonyl (C=O) groups is 1. The first kappa shape index (κ1) is 21.2. The van der Waals surface area contributed by atoms with E-state index in [2.05, 4.69) is 33.4 Å². The van der Waals surface area contributed by atoms with E-state index in [1.165, 1.54) is 12.5 Å². The SMILES string of the molecule is C=C1CC/C=C(/C)CC[C@@H]2C[C@@H](OC(C)=O)[C@@](C)(CC[C@H]1O)OC2(C)C. The molecule has 2 aliphatic heterocycles. The summed E-state index contributed by atoms with van der Waals surface area (Å²) in [4.78, 5) is 11.7. The Balaban J connectivity index is 2.32. The second-order valence-electron chi connectivity index (χ2n) is 8.89. The lowest BCUT2D eigenvalue weighted by atomic mass is 9.73. The normalized spacial score (nSPS) is 38.2. The highest BCUT2D eigenvalue weighted by Gasteiger charge is 2.50. The van der Waals surface area contributed by atoms with E-state index in [-0.39, 0.29) is 17.7 Å². The van der Waals surface area contributed by atoms with Crippen LogP contribution in [0, 0.1) is 5.92 Å². The molecule has 1 N–H and O–H groups in total. The van der Waals surface area contributed by atoms with Crippen LogP contribution in [0.15, 0.2) is 23.8 Å². The van der Waals surface area contributed by atoms with Gasteiger partial charge in [-0.25, -0.2) is 0 Å². The zero-order chi connectivity index (χ0) is 19.5. The van der Waals surface area contributed by atoms with Gasteiger partial charge in [-0.15, -0.1) is 0 Å². The van der Waals surface area contributed by atoms with Crippen molar-refractivity contribution in [3.05, 3.63) is 23.8 Å². The van der Waals surface area contributed by atoms with Gasteiger partial charge < -0.3 is 14.6 Å². The average molecular weight is 365 g/mol. The van der Waals surface area contributed by atoms with Crippen LogP contribution in [0.25, 0.3) is 0 Å².